The van der Waals surface area contributed by atoms with Crippen molar-refractivity contribution >= 4 is 11.9 Å². The smallest absolute Gasteiger partial charge is 0.308 e. The lowest BCUT2D eigenvalue weighted by Gasteiger charge is -2.30. The van der Waals surface area contributed by atoms with Gasteiger partial charge in [0.2, 0.25) is 0 Å². The molecule has 0 aliphatic carbocycles. The molecule has 1 aliphatic rings. The normalized spacial score (nSPS) is 18.2. The number of carbonyl (C=O) groups is 2. The summed E-state index contributed by atoms with van der Waals surface area (Å²) in [7, 11) is 0. The van der Waals surface area contributed by atoms with Gasteiger partial charge in [-0.25, -0.2) is 0 Å². The Morgan fingerprint density at radius 3 is 2.82 bits per heavy atom. The van der Waals surface area contributed by atoms with Crippen molar-refractivity contribution < 1.29 is 14.7 Å². The lowest BCUT2D eigenvalue weighted by Crippen LogP contribution is -2.42. The van der Waals surface area contributed by atoms with Gasteiger partial charge in [-0.05, 0) is 25.0 Å². The molecule has 114 valence electrons. The Hall–Kier alpha value is -2.70. The number of nitrogens with zero attached hydrogens (tertiary/aromatic N) is 3. The maximum Gasteiger partial charge on any atom is 0.308 e. The molecule has 2 aromatic heterocycles. The van der Waals surface area contributed by atoms with Crippen LogP contribution in [0.3, 0.4) is 0 Å². The van der Waals surface area contributed by atoms with Crippen LogP contribution in [0.2, 0.25) is 0 Å². The summed E-state index contributed by atoms with van der Waals surface area (Å²) in [6.07, 6.45) is 6.09. The molecule has 1 amide bonds. The summed E-state index contributed by atoms with van der Waals surface area (Å²) in [6, 6.07) is 3.58. The van der Waals surface area contributed by atoms with Crippen molar-refractivity contribution in [2.24, 2.45) is 5.92 Å². The molecular weight excluding hydrogens is 284 g/mol. The molecule has 1 unspecified atom stereocenters. The molecular formula is C15H16N4O3. The molecule has 0 bridgehead atoms. The first-order chi connectivity index (χ1) is 10.7. The highest BCUT2D eigenvalue weighted by atomic mass is 16.4. The van der Waals surface area contributed by atoms with E-state index in [9.17, 15) is 9.59 Å². The second kappa shape index (κ2) is 5.97. The van der Waals surface area contributed by atoms with Crippen molar-refractivity contribution in [3.63, 3.8) is 0 Å². The number of H-pyrrole nitrogens is 1. The predicted octanol–water partition coefficient (Wildman–Crippen LogP) is 1.41. The molecule has 7 heteroatoms. The van der Waals surface area contributed by atoms with E-state index < -0.39 is 11.9 Å². The number of aromatic amines is 1. The van der Waals surface area contributed by atoms with Crippen molar-refractivity contribution in [3.8, 4) is 11.3 Å². The standard InChI is InChI=1S/C15H16N4O3/c20-14(19-7-1-2-11(9-19)15(21)22)12-8-17-18-13(12)10-3-5-16-6-4-10/h3-6,8,11H,1-2,7,9H2,(H,17,18)(H,21,22). The molecule has 0 spiro atoms. The summed E-state index contributed by atoms with van der Waals surface area (Å²) < 4.78 is 0. The van der Waals surface area contributed by atoms with Gasteiger partial charge in [-0.1, -0.05) is 0 Å². The van der Waals surface area contributed by atoms with Crippen LogP contribution >= 0.6 is 0 Å². The third kappa shape index (κ3) is 2.69. The molecule has 0 saturated carbocycles. The van der Waals surface area contributed by atoms with E-state index in [1.807, 2.05) is 0 Å². The number of hydrogen-bond acceptors (Lipinski definition) is 4. The molecule has 7 nitrogen and oxygen atoms in total. The SMILES string of the molecule is O=C(O)C1CCCN(C(=O)c2cn[nH]c2-c2ccncc2)C1. The predicted molar refractivity (Wildman–Crippen MR) is 78.1 cm³/mol. The first-order valence-electron chi connectivity index (χ1n) is 7.12. The second-order valence-electron chi connectivity index (χ2n) is 5.32. The lowest BCUT2D eigenvalue weighted by atomic mass is 9.97. The van der Waals surface area contributed by atoms with Crippen molar-refractivity contribution in [1.29, 1.82) is 0 Å². The number of amides is 1. The van der Waals surface area contributed by atoms with Gasteiger partial charge in [0.25, 0.3) is 5.91 Å². The van der Waals surface area contributed by atoms with Crippen molar-refractivity contribution in [3.05, 3.63) is 36.3 Å². The summed E-state index contributed by atoms with van der Waals surface area (Å²) in [6.45, 7) is 0.818. The average Bonchev–Trinajstić information content (AvgIpc) is 3.04. The minimum Gasteiger partial charge on any atom is -0.481 e. The van der Waals surface area contributed by atoms with E-state index in [2.05, 4.69) is 15.2 Å². The number of aromatic nitrogens is 3. The molecule has 1 saturated heterocycles. The Labute approximate surface area is 127 Å². The fraction of sp³-hybridized carbons (Fsp3) is 0.333. The van der Waals surface area contributed by atoms with Crippen molar-refractivity contribution in [2.75, 3.05) is 13.1 Å². The quantitative estimate of drug-likeness (QED) is 0.892. The first-order valence-corrected chi connectivity index (χ1v) is 7.12. The number of nitrogens with one attached hydrogen (secondary N) is 1. The topological polar surface area (TPSA) is 99.2 Å². The minimum atomic E-state index is -0.848. The number of pyridine rings is 1. The fourth-order valence-corrected chi connectivity index (χ4v) is 2.72. The van der Waals surface area contributed by atoms with Crippen LogP contribution in [-0.4, -0.2) is 50.2 Å². The zero-order valence-electron chi connectivity index (χ0n) is 11.9. The Balaban J connectivity index is 1.84. The van der Waals surface area contributed by atoms with Gasteiger partial charge in [0.05, 0.1) is 23.4 Å². The van der Waals surface area contributed by atoms with Gasteiger partial charge in [-0.15, -0.1) is 0 Å². The monoisotopic (exact) mass is 300 g/mol. The fourth-order valence-electron chi connectivity index (χ4n) is 2.72. The van der Waals surface area contributed by atoms with Crippen LogP contribution < -0.4 is 0 Å². The van der Waals surface area contributed by atoms with E-state index in [1.54, 1.807) is 29.4 Å². The molecule has 22 heavy (non-hydrogen) atoms. The number of hydrogen-bond donors (Lipinski definition) is 2. The van der Waals surface area contributed by atoms with Gasteiger partial charge in [0.1, 0.15) is 0 Å². The maximum atomic E-state index is 12.7. The third-order valence-electron chi connectivity index (χ3n) is 3.90. The van der Waals surface area contributed by atoms with Gasteiger partial charge in [0.15, 0.2) is 0 Å². The molecule has 0 radical (unpaired) electrons. The van der Waals surface area contributed by atoms with Gasteiger partial charge in [-0.3, -0.25) is 19.7 Å². The molecule has 3 rings (SSSR count). The van der Waals surface area contributed by atoms with E-state index in [0.717, 1.165) is 5.56 Å². The molecule has 3 heterocycles. The lowest BCUT2D eigenvalue weighted by molar-refractivity contribution is -0.143. The van der Waals surface area contributed by atoms with Crippen LogP contribution in [0.5, 0.6) is 0 Å². The van der Waals surface area contributed by atoms with Gasteiger partial charge in [0, 0.05) is 31.0 Å². The minimum absolute atomic E-state index is 0.188. The number of likely N-dealkylation sites (tertiary alicyclic amines) is 1. The largest absolute Gasteiger partial charge is 0.481 e. The molecule has 1 fully saturated rings. The molecule has 2 N–H and O–H groups in total. The maximum absolute atomic E-state index is 12.7. The highest BCUT2D eigenvalue weighted by molar-refractivity contribution is 6.00. The van der Waals surface area contributed by atoms with Crippen molar-refractivity contribution in [2.45, 2.75) is 12.8 Å². The van der Waals surface area contributed by atoms with E-state index in [-0.39, 0.29) is 12.5 Å². The molecule has 0 aromatic carbocycles. The number of piperidine rings is 1. The first kappa shape index (κ1) is 14.2. The van der Waals surface area contributed by atoms with Crippen molar-refractivity contribution in [1.82, 2.24) is 20.1 Å². The molecule has 1 aliphatic heterocycles. The Kier molecular flexibility index (Phi) is 3.86. The number of rotatable bonds is 3. The summed E-state index contributed by atoms with van der Waals surface area (Å²) >= 11 is 0. The second-order valence-corrected chi connectivity index (χ2v) is 5.32. The Morgan fingerprint density at radius 1 is 1.32 bits per heavy atom. The number of carbonyl (C=O) groups excluding carboxylic acids is 1. The highest BCUT2D eigenvalue weighted by Crippen LogP contribution is 2.24. The van der Waals surface area contributed by atoms with Gasteiger partial charge in [-0.2, -0.15) is 5.10 Å². The molecule has 2 aromatic rings. The number of carboxylic acid groups (broad SMARTS) is 1. The Bertz CT molecular complexity index is 683. The number of aliphatic carboxylic acids is 1. The van der Waals surface area contributed by atoms with E-state index in [1.165, 1.54) is 6.20 Å². The zero-order chi connectivity index (χ0) is 15.5. The highest BCUT2D eigenvalue weighted by Gasteiger charge is 2.30. The zero-order valence-corrected chi connectivity index (χ0v) is 11.9. The van der Waals surface area contributed by atoms with Crippen LogP contribution in [0.15, 0.2) is 30.7 Å². The average molecular weight is 300 g/mol. The van der Waals surface area contributed by atoms with E-state index in [4.69, 9.17) is 5.11 Å². The van der Waals surface area contributed by atoms with Gasteiger partial charge >= 0.3 is 5.97 Å². The van der Waals surface area contributed by atoms with E-state index in [0.29, 0.717) is 30.6 Å². The summed E-state index contributed by atoms with van der Waals surface area (Å²) in [5.74, 6) is -1.53. The summed E-state index contributed by atoms with van der Waals surface area (Å²) in [5.41, 5.74) is 1.91. The summed E-state index contributed by atoms with van der Waals surface area (Å²) in [5, 5.41) is 15.9. The van der Waals surface area contributed by atoms with Crippen LogP contribution in [0.4, 0.5) is 0 Å². The third-order valence-corrected chi connectivity index (χ3v) is 3.90. The van der Waals surface area contributed by atoms with Crippen LogP contribution in [0, 0.1) is 5.92 Å². The van der Waals surface area contributed by atoms with Crippen LogP contribution in [-0.2, 0) is 4.79 Å². The van der Waals surface area contributed by atoms with Gasteiger partial charge < -0.3 is 10.0 Å². The van der Waals surface area contributed by atoms with E-state index >= 15 is 0 Å². The Morgan fingerprint density at radius 2 is 2.09 bits per heavy atom. The van der Waals surface area contributed by atoms with Crippen LogP contribution in [0.25, 0.3) is 11.3 Å². The molecule has 1 atom stereocenters. The summed E-state index contributed by atoms with van der Waals surface area (Å²) in [4.78, 5) is 29.4. The number of carboxylic acids is 1. The van der Waals surface area contributed by atoms with Crippen LogP contribution in [0.1, 0.15) is 23.2 Å².